The van der Waals surface area contributed by atoms with Crippen molar-refractivity contribution in [2.45, 2.75) is 6.04 Å². The van der Waals surface area contributed by atoms with Crippen LogP contribution in [0, 0.1) is 0 Å². The molecule has 1 aliphatic heterocycles. The number of piperazine rings is 1. The highest BCUT2D eigenvalue weighted by Crippen LogP contribution is 2.04. The molecular weight excluding hydrogens is 240 g/mol. The molecular formula is C15H20N2O2. The first kappa shape index (κ1) is 13.8. The van der Waals surface area contributed by atoms with Gasteiger partial charge in [-0.05, 0) is 5.56 Å². The Morgan fingerprint density at radius 2 is 2.26 bits per heavy atom. The van der Waals surface area contributed by atoms with E-state index in [9.17, 15) is 4.79 Å². The average molecular weight is 260 g/mol. The molecule has 0 spiro atoms. The largest absolute Gasteiger partial charge is 0.468 e. The van der Waals surface area contributed by atoms with Crippen LogP contribution < -0.4 is 5.32 Å². The second-order valence-corrected chi connectivity index (χ2v) is 4.60. The minimum atomic E-state index is -0.205. The van der Waals surface area contributed by atoms with E-state index in [2.05, 4.69) is 34.5 Å². The summed E-state index contributed by atoms with van der Waals surface area (Å²) in [6, 6.07) is 10.0. The number of methoxy groups -OCH3 is 1. The van der Waals surface area contributed by atoms with Gasteiger partial charge in [0.05, 0.1) is 7.11 Å². The SMILES string of the molecule is COC(=O)C1CN(CC=Cc2ccccc2)CCN1. The van der Waals surface area contributed by atoms with Crippen LogP contribution in [0.1, 0.15) is 5.56 Å². The molecule has 1 saturated heterocycles. The number of ether oxygens (including phenoxy) is 1. The third kappa shape index (κ3) is 4.19. The van der Waals surface area contributed by atoms with E-state index in [0.717, 1.165) is 19.6 Å². The molecule has 1 aromatic rings. The standard InChI is InChI=1S/C15H20N2O2/c1-19-15(18)14-12-17(11-9-16-14)10-5-8-13-6-3-2-4-7-13/h2-8,14,16H,9-12H2,1H3. The van der Waals surface area contributed by atoms with Crippen LogP contribution in [0.3, 0.4) is 0 Å². The molecule has 4 nitrogen and oxygen atoms in total. The zero-order chi connectivity index (χ0) is 13.5. The third-order valence-electron chi connectivity index (χ3n) is 3.22. The van der Waals surface area contributed by atoms with Crippen molar-refractivity contribution in [3.63, 3.8) is 0 Å². The summed E-state index contributed by atoms with van der Waals surface area (Å²) in [5.41, 5.74) is 1.20. The molecule has 19 heavy (non-hydrogen) atoms. The van der Waals surface area contributed by atoms with Gasteiger partial charge in [0.25, 0.3) is 0 Å². The average Bonchev–Trinajstić information content (AvgIpc) is 2.48. The third-order valence-corrected chi connectivity index (χ3v) is 3.22. The summed E-state index contributed by atoms with van der Waals surface area (Å²) in [7, 11) is 1.43. The molecule has 0 saturated carbocycles. The van der Waals surface area contributed by atoms with E-state index in [4.69, 9.17) is 4.74 Å². The molecule has 1 N–H and O–H groups in total. The molecule has 1 unspecified atom stereocenters. The van der Waals surface area contributed by atoms with Gasteiger partial charge in [-0.1, -0.05) is 42.5 Å². The van der Waals surface area contributed by atoms with E-state index in [1.807, 2.05) is 18.2 Å². The zero-order valence-electron chi connectivity index (χ0n) is 11.2. The Kier molecular flexibility index (Phi) is 5.12. The lowest BCUT2D eigenvalue weighted by atomic mass is 10.2. The number of nitrogens with one attached hydrogen (secondary N) is 1. The van der Waals surface area contributed by atoms with Gasteiger partial charge in [0, 0.05) is 26.2 Å². The normalized spacial score (nSPS) is 20.6. The van der Waals surface area contributed by atoms with Crippen molar-refractivity contribution in [3.8, 4) is 0 Å². The van der Waals surface area contributed by atoms with Crippen LogP contribution in [0.15, 0.2) is 36.4 Å². The molecule has 0 radical (unpaired) electrons. The molecule has 102 valence electrons. The second kappa shape index (κ2) is 7.07. The molecule has 1 atom stereocenters. The van der Waals surface area contributed by atoms with Crippen molar-refractivity contribution < 1.29 is 9.53 Å². The molecule has 4 heteroatoms. The van der Waals surface area contributed by atoms with Crippen LogP contribution in [0.5, 0.6) is 0 Å². The number of rotatable bonds is 4. The first-order valence-electron chi connectivity index (χ1n) is 6.55. The number of carbonyl (C=O) groups excluding carboxylic acids is 1. The van der Waals surface area contributed by atoms with Gasteiger partial charge in [0.1, 0.15) is 6.04 Å². The Morgan fingerprint density at radius 3 is 3.00 bits per heavy atom. The van der Waals surface area contributed by atoms with Crippen molar-refractivity contribution in [1.29, 1.82) is 0 Å². The smallest absolute Gasteiger partial charge is 0.324 e. The van der Waals surface area contributed by atoms with Crippen molar-refractivity contribution in [1.82, 2.24) is 10.2 Å². The van der Waals surface area contributed by atoms with Crippen molar-refractivity contribution in [2.75, 3.05) is 33.3 Å². The Hall–Kier alpha value is -1.65. The predicted octanol–water partition coefficient (Wildman–Crippen LogP) is 1.15. The summed E-state index contributed by atoms with van der Waals surface area (Å²) in [5, 5.41) is 3.17. The van der Waals surface area contributed by atoms with Crippen LogP contribution in [0.2, 0.25) is 0 Å². The van der Waals surface area contributed by atoms with Gasteiger partial charge in [-0.15, -0.1) is 0 Å². The lowest BCUT2D eigenvalue weighted by Gasteiger charge is -2.31. The second-order valence-electron chi connectivity index (χ2n) is 4.60. The molecule has 2 rings (SSSR count). The Labute approximate surface area is 114 Å². The minimum absolute atomic E-state index is 0.184. The quantitative estimate of drug-likeness (QED) is 0.825. The number of hydrogen-bond donors (Lipinski definition) is 1. The van der Waals surface area contributed by atoms with Crippen molar-refractivity contribution in [3.05, 3.63) is 42.0 Å². The number of nitrogens with zero attached hydrogens (tertiary/aromatic N) is 1. The van der Waals surface area contributed by atoms with Crippen molar-refractivity contribution >= 4 is 12.0 Å². The summed E-state index contributed by atoms with van der Waals surface area (Å²) in [4.78, 5) is 13.7. The van der Waals surface area contributed by atoms with Gasteiger partial charge in [0.2, 0.25) is 0 Å². The summed E-state index contributed by atoms with van der Waals surface area (Å²) in [6.45, 7) is 3.32. The lowest BCUT2D eigenvalue weighted by Crippen LogP contribution is -2.54. The Bertz CT molecular complexity index is 431. The Balaban J connectivity index is 1.83. The van der Waals surface area contributed by atoms with E-state index in [1.54, 1.807) is 0 Å². The van der Waals surface area contributed by atoms with Crippen LogP contribution >= 0.6 is 0 Å². The molecule has 1 fully saturated rings. The molecule has 1 aliphatic rings. The summed E-state index contributed by atoms with van der Waals surface area (Å²) < 4.78 is 4.77. The minimum Gasteiger partial charge on any atom is -0.468 e. The molecule has 0 aliphatic carbocycles. The van der Waals surface area contributed by atoms with Crippen molar-refractivity contribution in [2.24, 2.45) is 0 Å². The topological polar surface area (TPSA) is 41.6 Å². The molecule has 0 aromatic heterocycles. The summed E-state index contributed by atoms with van der Waals surface area (Å²) >= 11 is 0. The predicted molar refractivity (Wildman–Crippen MR) is 75.7 cm³/mol. The van der Waals surface area contributed by atoms with Crippen LogP contribution in [0.25, 0.3) is 6.08 Å². The van der Waals surface area contributed by atoms with E-state index in [0.29, 0.717) is 6.54 Å². The van der Waals surface area contributed by atoms with Gasteiger partial charge < -0.3 is 10.1 Å². The molecule has 0 bridgehead atoms. The van der Waals surface area contributed by atoms with E-state index >= 15 is 0 Å². The monoisotopic (exact) mass is 260 g/mol. The maximum atomic E-state index is 11.5. The Morgan fingerprint density at radius 1 is 1.47 bits per heavy atom. The van der Waals surface area contributed by atoms with E-state index in [-0.39, 0.29) is 12.0 Å². The lowest BCUT2D eigenvalue weighted by molar-refractivity contribution is -0.144. The van der Waals surface area contributed by atoms with Crippen LogP contribution in [-0.2, 0) is 9.53 Å². The van der Waals surface area contributed by atoms with Crippen LogP contribution in [-0.4, -0.2) is 50.2 Å². The summed E-state index contributed by atoms with van der Waals surface area (Å²) in [6.07, 6.45) is 4.24. The van der Waals surface area contributed by atoms with Gasteiger partial charge in [-0.25, -0.2) is 0 Å². The maximum absolute atomic E-state index is 11.5. The fourth-order valence-corrected chi connectivity index (χ4v) is 2.18. The fraction of sp³-hybridized carbons (Fsp3) is 0.400. The summed E-state index contributed by atoms with van der Waals surface area (Å²) in [5.74, 6) is -0.184. The number of carbonyl (C=O) groups is 1. The number of esters is 1. The van der Waals surface area contributed by atoms with Gasteiger partial charge in [-0.3, -0.25) is 9.69 Å². The van der Waals surface area contributed by atoms with E-state index in [1.165, 1.54) is 12.7 Å². The number of hydrogen-bond acceptors (Lipinski definition) is 4. The van der Waals surface area contributed by atoms with Crippen LogP contribution in [0.4, 0.5) is 0 Å². The first-order chi connectivity index (χ1) is 9.29. The first-order valence-corrected chi connectivity index (χ1v) is 6.55. The zero-order valence-corrected chi connectivity index (χ0v) is 11.2. The molecule has 1 heterocycles. The van der Waals surface area contributed by atoms with Gasteiger partial charge >= 0.3 is 5.97 Å². The highest BCUT2D eigenvalue weighted by atomic mass is 16.5. The van der Waals surface area contributed by atoms with Gasteiger partial charge in [0.15, 0.2) is 0 Å². The number of benzene rings is 1. The highest BCUT2D eigenvalue weighted by Gasteiger charge is 2.24. The highest BCUT2D eigenvalue weighted by molar-refractivity contribution is 5.76. The maximum Gasteiger partial charge on any atom is 0.324 e. The fourth-order valence-electron chi connectivity index (χ4n) is 2.18. The van der Waals surface area contributed by atoms with Gasteiger partial charge in [-0.2, -0.15) is 0 Å². The molecule has 1 aromatic carbocycles. The molecule has 0 amide bonds. The van der Waals surface area contributed by atoms with E-state index < -0.39 is 0 Å².